The van der Waals surface area contributed by atoms with Crippen molar-refractivity contribution >= 4 is 40.1 Å². The van der Waals surface area contributed by atoms with Crippen molar-refractivity contribution in [1.82, 2.24) is 14.5 Å². The van der Waals surface area contributed by atoms with E-state index in [1.165, 1.54) is 4.57 Å². The monoisotopic (exact) mass is 446 g/mol. The number of anilines is 3. The molecule has 2 aromatic carbocycles. The van der Waals surface area contributed by atoms with Crippen molar-refractivity contribution in [2.75, 3.05) is 16.4 Å². The van der Waals surface area contributed by atoms with Crippen molar-refractivity contribution in [1.29, 1.82) is 0 Å². The van der Waals surface area contributed by atoms with Gasteiger partial charge in [-0.05, 0) is 62.7 Å². The van der Waals surface area contributed by atoms with Gasteiger partial charge < -0.3 is 25.3 Å². The number of hydrogen-bond acceptors (Lipinski definition) is 5. The minimum Gasteiger partial charge on any atom is -0.444 e. The third-order valence-corrected chi connectivity index (χ3v) is 4.81. The number of carbonyl (C=O) groups excluding carboxylic acids is 2. The minimum absolute atomic E-state index is 0.151. The number of hydrogen-bond donors (Lipinski definition) is 4. The Balaban J connectivity index is 1.44. The molecule has 0 aliphatic heterocycles. The van der Waals surface area contributed by atoms with Gasteiger partial charge in [-0.1, -0.05) is 12.1 Å². The van der Waals surface area contributed by atoms with Crippen molar-refractivity contribution in [3.8, 4) is 11.3 Å². The number of aromatic amines is 1. The Hall–Kier alpha value is -4.27. The summed E-state index contributed by atoms with van der Waals surface area (Å²) in [6.07, 6.45) is 0.910. The zero-order chi connectivity index (χ0) is 23.8. The van der Waals surface area contributed by atoms with E-state index in [0.29, 0.717) is 11.4 Å². The molecule has 2 amide bonds. The summed E-state index contributed by atoms with van der Waals surface area (Å²) in [5, 5.41) is 6.39. The minimum atomic E-state index is -0.636. The van der Waals surface area contributed by atoms with Crippen LogP contribution in [-0.2, 0) is 11.8 Å². The summed E-state index contributed by atoms with van der Waals surface area (Å²) in [7, 11) is 1.67. The van der Waals surface area contributed by atoms with Gasteiger partial charge in [0.25, 0.3) is 5.91 Å². The van der Waals surface area contributed by atoms with Gasteiger partial charge in [0.15, 0.2) is 5.82 Å². The molecule has 9 nitrogen and oxygen atoms in total. The molecule has 33 heavy (non-hydrogen) atoms. The van der Waals surface area contributed by atoms with Gasteiger partial charge in [0.1, 0.15) is 5.60 Å². The molecule has 0 saturated carbocycles. The van der Waals surface area contributed by atoms with Gasteiger partial charge in [-0.3, -0.25) is 10.1 Å². The zero-order valence-electron chi connectivity index (χ0n) is 18.9. The maximum atomic E-state index is 12.7. The smallest absolute Gasteiger partial charge is 0.413 e. The number of rotatable bonds is 4. The molecule has 0 radical (unpaired) electrons. The Morgan fingerprint density at radius 1 is 1.06 bits per heavy atom. The highest BCUT2D eigenvalue weighted by molar-refractivity contribution is 6.02. The van der Waals surface area contributed by atoms with Crippen molar-refractivity contribution in [3.05, 3.63) is 60.6 Å². The Kier molecular flexibility index (Phi) is 5.55. The molecule has 0 unspecified atom stereocenters. The van der Waals surface area contributed by atoms with Gasteiger partial charge in [-0.2, -0.15) is 0 Å². The van der Waals surface area contributed by atoms with E-state index in [1.54, 1.807) is 34.0 Å². The summed E-state index contributed by atoms with van der Waals surface area (Å²) in [5.74, 6) is -0.0198. The Bertz CT molecular complexity index is 1330. The molecule has 5 N–H and O–H groups in total. The van der Waals surface area contributed by atoms with Crippen molar-refractivity contribution in [2.45, 2.75) is 26.4 Å². The number of aromatic nitrogens is 3. The number of amides is 2. The Morgan fingerprint density at radius 3 is 2.48 bits per heavy atom. The highest BCUT2D eigenvalue weighted by atomic mass is 16.6. The summed E-state index contributed by atoms with van der Waals surface area (Å²) in [6.45, 7) is 5.30. The molecule has 170 valence electrons. The highest BCUT2D eigenvalue weighted by Gasteiger charge is 2.19. The average molecular weight is 447 g/mol. The summed E-state index contributed by atoms with van der Waals surface area (Å²) >= 11 is 0. The fraction of sp³-hybridized carbons (Fsp3) is 0.208. The number of ether oxygens (including phenoxy) is 1. The van der Waals surface area contributed by atoms with Crippen LogP contribution >= 0.6 is 0 Å². The summed E-state index contributed by atoms with van der Waals surface area (Å²) in [6, 6.07) is 15.2. The Morgan fingerprint density at radius 2 is 1.79 bits per heavy atom. The van der Waals surface area contributed by atoms with Crippen LogP contribution in [0.15, 0.2) is 54.7 Å². The van der Waals surface area contributed by atoms with Crippen LogP contribution in [0.1, 0.15) is 31.4 Å². The third-order valence-electron chi connectivity index (χ3n) is 4.81. The van der Waals surface area contributed by atoms with Crippen molar-refractivity contribution < 1.29 is 14.3 Å². The second kappa shape index (κ2) is 8.34. The number of benzene rings is 2. The number of fused-ring (bicyclic) bond motifs is 1. The number of nitrogens with one attached hydrogen (secondary N) is 3. The zero-order valence-corrected chi connectivity index (χ0v) is 18.9. The van der Waals surface area contributed by atoms with E-state index in [0.717, 1.165) is 22.2 Å². The molecule has 0 saturated heterocycles. The first kappa shape index (κ1) is 21.9. The molecule has 2 aromatic heterocycles. The van der Waals surface area contributed by atoms with Crippen LogP contribution in [0.4, 0.5) is 22.0 Å². The molecule has 0 aliphatic carbocycles. The average Bonchev–Trinajstić information content (AvgIpc) is 3.29. The second-order valence-electron chi connectivity index (χ2n) is 8.75. The molecule has 4 rings (SSSR count). The van der Waals surface area contributed by atoms with Gasteiger partial charge in [0.2, 0.25) is 5.82 Å². The lowest BCUT2D eigenvalue weighted by atomic mass is 10.1. The lowest BCUT2D eigenvalue weighted by Gasteiger charge is -2.18. The van der Waals surface area contributed by atoms with Gasteiger partial charge in [0.05, 0.1) is 0 Å². The number of nitrogen functional groups attached to an aromatic ring is 1. The molecule has 9 heteroatoms. The van der Waals surface area contributed by atoms with E-state index < -0.39 is 17.6 Å². The number of H-pyrrole nitrogens is 1. The first-order valence-corrected chi connectivity index (χ1v) is 10.4. The first-order valence-electron chi connectivity index (χ1n) is 10.4. The van der Waals surface area contributed by atoms with Crippen molar-refractivity contribution in [3.63, 3.8) is 0 Å². The van der Waals surface area contributed by atoms with Crippen molar-refractivity contribution in [2.24, 2.45) is 7.05 Å². The van der Waals surface area contributed by atoms with Crippen LogP contribution in [-0.4, -0.2) is 32.1 Å². The van der Waals surface area contributed by atoms with Gasteiger partial charge in [-0.15, -0.1) is 0 Å². The highest BCUT2D eigenvalue weighted by Crippen LogP contribution is 2.26. The van der Waals surface area contributed by atoms with Crippen LogP contribution in [0.2, 0.25) is 0 Å². The summed E-state index contributed by atoms with van der Waals surface area (Å²) in [4.78, 5) is 32.2. The van der Waals surface area contributed by atoms with Gasteiger partial charge >= 0.3 is 6.09 Å². The Labute approximate surface area is 191 Å². The van der Waals surface area contributed by atoms with Gasteiger partial charge in [0, 0.05) is 41.2 Å². The molecular formula is C24H26N6O3. The second-order valence-corrected chi connectivity index (χ2v) is 8.75. The SMILES string of the molecule is Cn1cc(NC(=O)OC(C)(C)C)nc1C(=O)Nc1ccc(-c2cc3cc(N)ccc3[nH]2)cc1. The van der Waals surface area contributed by atoms with Crippen LogP contribution in [0.3, 0.4) is 0 Å². The third kappa shape index (κ3) is 5.15. The number of imidazole rings is 1. The molecule has 0 aliphatic rings. The molecule has 2 heterocycles. The van der Waals surface area contributed by atoms with Crippen LogP contribution in [0.5, 0.6) is 0 Å². The van der Waals surface area contributed by atoms with Crippen LogP contribution in [0.25, 0.3) is 22.2 Å². The van der Waals surface area contributed by atoms with Crippen LogP contribution < -0.4 is 16.4 Å². The summed E-state index contributed by atoms with van der Waals surface area (Å²) < 4.78 is 6.75. The maximum absolute atomic E-state index is 12.7. The normalized spacial score (nSPS) is 11.4. The van der Waals surface area contributed by atoms with E-state index in [4.69, 9.17) is 10.5 Å². The predicted molar refractivity (Wildman–Crippen MR) is 129 cm³/mol. The fourth-order valence-electron chi connectivity index (χ4n) is 3.37. The molecule has 0 atom stereocenters. The standard InChI is InChI=1S/C24H26N6O3/c1-24(2,3)33-23(32)29-20-13-30(4)21(28-20)22(31)26-17-8-5-14(6-9-17)19-12-15-11-16(25)7-10-18(15)27-19/h5-13,27H,25H2,1-4H3,(H,26,31)(H,29,32). The lowest BCUT2D eigenvalue weighted by molar-refractivity contribution is 0.0635. The molecule has 0 fully saturated rings. The largest absolute Gasteiger partial charge is 0.444 e. The fourth-order valence-corrected chi connectivity index (χ4v) is 3.37. The maximum Gasteiger partial charge on any atom is 0.413 e. The van der Waals surface area contributed by atoms with E-state index in [9.17, 15) is 9.59 Å². The predicted octanol–water partition coefficient (Wildman–Crippen LogP) is 4.75. The lowest BCUT2D eigenvalue weighted by Crippen LogP contribution is -2.27. The number of nitrogens with zero attached hydrogens (tertiary/aromatic N) is 2. The topological polar surface area (TPSA) is 127 Å². The number of carbonyl (C=O) groups is 2. The van der Waals surface area contributed by atoms with E-state index in [1.807, 2.05) is 48.5 Å². The quantitative estimate of drug-likeness (QED) is 0.337. The summed E-state index contributed by atoms with van der Waals surface area (Å²) in [5.41, 5.74) is 9.49. The van der Waals surface area contributed by atoms with E-state index >= 15 is 0 Å². The number of nitrogens with two attached hydrogens (primary N) is 1. The van der Waals surface area contributed by atoms with Gasteiger partial charge in [-0.25, -0.2) is 9.78 Å². The molecule has 0 spiro atoms. The van der Waals surface area contributed by atoms with Crippen LogP contribution in [0, 0.1) is 0 Å². The first-order chi connectivity index (χ1) is 15.6. The molecule has 4 aromatic rings. The van der Waals surface area contributed by atoms with E-state index in [2.05, 4.69) is 20.6 Å². The molecular weight excluding hydrogens is 420 g/mol. The molecule has 0 bridgehead atoms. The number of aryl methyl sites for hydroxylation is 1. The van der Waals surface area contributed by atoms with E-state index in [-0.39, 0.29) is 11.6 Å².